The van der Waals surface area contributed by atoms with Crippen molar-refractivity contribution in [1.29, 1.82) is 5.26 Å². The van der Waals surface area contributed by atoms with Gasteiger partial charge in [0.05, 0.1) is 11.3 Å². The van der Waals surface area contributed by atoms with Gasteiger partial charge in [0.2, 0.25) is 0 Å². The van der Waals surface area contributed by atoms with E-state index in [1.807, 2.05) is 13.0 Å². The number of aryl methyl sites for hydroxylation is 1. The first kappa shape index (κ1) is 13.0. The Labute approximate surface area is 110 Å². The molecule has 18 heavy (non-hydrogen) atoms. The minimum absolute atomic E-state index is 0.823. The number of piperidine rings is 1. The van der Waals surface area contributed by atoms with E-state index in [0.717, 1.165) is 35.8 Å². The lowest BCUT2D eigenvalue weighted by Gasteiger charge is -2.34. The van der Waals surface area contributed by atoms with Crippen molar-refractivity contribution in [3.8, 4) is 6.07 Å². The third-order valence-corrected chi connectivity index (χ3v) is 3.92. The quantitative estimate of drug-likeness (QED) is 0.804. The predicted molar refractivity (Wildman–Crippen MR) is 75.7 cm³/mol. The smallest absolute Gasteiger partial charge is 0.101 e. The van der Waals surface area contributed by atoms with Gasteiger partial charge in [0.25, 0.3) is 0 Å². The van der Waals surface area contributed by atoms with Gasteiger partial charge < -0.3 is 4.90 Å². The van der Waals surface area contributed by atoms with E-state index in [-0.39, 0.29) is 0 Å². The lowest BCUT2D eigenvalue weighted by atomic mass is 9.92. The van der Waals surface area contributed by atoms with E-state index in [1.165, 1.54) is 25.7 Å². The van der Waals surface area contributed by atoms with Gasteiger partial charge in [-0.1, -0.05) is 25.8 Å². The third kappa shape index (κ3) is 2.85. The maximum absolute atomic E-state index is 9.23. The average Bonchev–Trinajstić information content (AvgIpc) is 2.40. The molecule has 0 spiro atoms. The first-order chi connectivity index (χ1) is 8.74. The molecule has 2 nitrogen and oxygen atoms in total. The molecule has 1 aromatic rings. The standard InChI is InChI=1S/C16H22N2/c1-3-4-14-7-9-18(10-8-14)16-6-5-13(2)11-15(16)12-17/h5-6,11,14H,3-4,7-10H2,1-2H3. The van der Waals surface area contributed by atoms with Gasteiger partial charge in [-0.25, -0.2) is 0 Å². The minimum atomic E-state index is 0.823. The predicted octanol–water partition coefficient (Wildman–Crippen LogP) is 3.88. The van der Waals surface area contributed by atoms with E-state index in [0.29, 0.717) is 0 Å². The zero-order valence-electron chi connectivity index (χ0n) is 11.4. The molecule has 0 aliphatic carbocycles. The Morgan fingerprint density at radius 3 is 2.67 bits per heavy atom. The summed E-state index contributed by atoms with van der Waals surface area (Å²) in [6.45, 7) is 6.50. The van der Waals surface area contributed by atoms with Crippen LogP contribution in [0.5, 0.6) is 0 Å². The van der Waals surface area contributed by atoms with Gasteiger partial charge in [0, 0.05) is 13.1 Å². The van der Waals surface area contributed by atoms with Crippen molar-refractivity contribution in [2.24, 2.45) is 5.92 Å². The fourth-order valence-electron chi connectivity index (χ4n) is 2.89. The molecule has 0 amide bonds. The van der Waals surface area contributed by atoms with Crippen LogP contribution in [-0.2, 0) is 0 Å². The lowest BCUT2D eigenvalue weighted by molar-refractivity contribution is 0.378. The molecule has 1 aliphatic rings. The number of rotatable bonds is 3. The van der Waals surface area contributed by atoms with Crippen LogP contribution >= 0.6 is 0 Å². The summed E-state index contributed by atoms with van der Waals surface area (Å²) in [4.78, 5) is 2.38. The highest BCUT2D eigenvalue weighted by molar-refractivity contribution is 5.60. The monoisotopic (exact) mass is 242 g/mol. The van der Waals surface area contributed by atoms with Crippen molar-refractivity contribution >= 4 is 5.69 Å². The topological polar surface area (TPSA) is 27.0 Å². The lowest BCUT2D eigenvalue weighted by Crippen LogP contribution is -2.34. The number of benzene rings is 1. The Kier molecular flexibility index (Phi) is 4.25. The molecule has 1 heterocycles. The molecule has 96 valence electrons. The molecule has 1 aromatic carbocycles. The second-order valence-corrected chi connectivity index (χ2v) is 5.35. The van der Waals surface area contributed by atoms with Crippen LogP contribution in [0.15, 0.2) is 18.2 Å². The molecule has 0 atom stereocenters. The van der Waals surface area contributed by atoms with Crippen molar-refractivity contribution in [3.63, 3.8) is 0 Å². The Morgan fingerprint density at radius 1 is 1.33 bits per heavy atom. The van der Waals surface area contributed by atoms with E-state index in [2.05, 4.69) is 30.0 Å². The molecule has 0 N–H and O–H groups in total. The first-order valence-electron chi connectivity index (χ1n) is 7.00. The minimum Gasteiger partial charge on any atom is -0.370 e. The molecular formula is C16H22N2. The van der Waals surface area contributed by atoms with Gasteiger partial charge in [-0.05, 0) is 43.4 Å². The van der Waals surface area contributed by atoms with Crippen LogP contribution in [0.4, 0.5) is 5.69 Å². The van der Waals surface area contributed by atoms with E-state index >= 15 is 0 Å². The van der Waals surface area contributed by atoms with E-state index in [9.17, 15) is 5.26 Å². The highest BCUT2D eigenvalue weighted by Crippen LogP contribution is 2.28. The van der Waals surface area contributed by atoms with Crippen LogP contribution in [0.2, 0.25) is 0 Å². The van der Waals surface area contributed by atoms with Gasteiger partial charge >= 0.3 is 0 Å². The van der Waals surface area contributed by atoms with Crippen molar-refractivity contribution in [3.05, 3.63) is 29.3 Å². The van der Waals surface area contributed by atoms with Crippen molar-refractivity contribution in [1.82, 2.24) is 0 Å². The maximum atomic E-state index is 9.23. The molecule has 0 unspecified atom stereocenters. The zero-order chi connectivity index (χ0) is 13.0. The second-order valence-electron chi connectivity index (χ2n) is 5.35. The summed E-state index contributed by atoms with van der Waals surface area (Å²) in [5.74, 6) is 0.891. The molecule has 1 fully saturated rings. The second kappa shape index (κ2) is 5.91. The Balaban J connectivity index is 2.08. The molecule has 0 bridgehead atoms. The van der Waals surface area contributed by atoms with Crippen LogP contribution in [0.25, 0.3) is 0 Å². The molecule has 0 saturated carbocycles. The third-order valence-electron chi connectivity index (χ3n) is 3.92. The Morgan fingerprint density at radius 2 is 2.06 bits per heavy atom. The van der Waals surface area contributed by atoms with Crippen LogP contribution in [0.3, 0.4) is 0 Å². The van der Waals surface area contributed by atoms with Gasteiger partial charge in [0.15, 0.2) is 0 Å². The summed E-state index contributed by atoms with van der Waals surface area (Å²) in [5.41, 5.74) is 3.11. The largest absolute Gasteiger partial charge is 0.370 e. The highest BCUT2D eigenvalue weighted by atomic mass is 15.1. The summed E-state index contributed by atoms with van der Waals surface area (Å²) in [6.07, 6.45) is 5.19. The highest BCUT2D eigenvalue weighted by Gasteiger charge is 2.20. The van der Waals surface area contributed by atoms with Crippen molar-refractivity contribution in [2.75, 3.05) is 18.0 Å². The van der Waals surface area contributed by atoms with Gasteiger partial charge in [0.1, 0.15) is 6.07 Å². The number of hydrogen-bond acceptors (Lipinski definition) is 2. The zero-order valence-corrected chi connectivity index (χ0v) is 11.4. The van der Waals surface area contributed by atoms with Gasteiger partial charge in [-0.2, -0.15) is 5.26 Å². The maximum Gasteiger partial charge on any atom is 0.101 e. The van der Waals surface area contributed by atoms with Crippen LogP contribution < -0.4 is 4.90 Å². The molecule has 0 radical (unpaired) electrons. The van der Waals surface area contributed by atoms with Crippen LogP contribution in [0.1, 0.15) is 43.7 Å². The summed E-state index contributed by atoms with van der Waals surface area (Å²) in [7, 11) is 0. The molecule has 1 aliphatic heterocycles. The fraction of sp³-hybridized carbons (Fsp3) is 0.562. The van der Waals surface area contributed by atoms with Crippen molar-refractivity contribution in [2.45, 2.75) is 39.5 Å². The SMILES string of the molecule is CCCC1CCN(c2ccc(C)cc2C#N)CC1. The van der Waals surface area contributed by atoms with Crippen LogP contribution in [-0.4, -0.2) is 13.1 Å². The van der Waals surface area contributed by atoms with Gasteiger partial charge in [-0.15, -0.1) is 0 Å². The number of nitriles is 1. The number of nitrogens with zero attached hydrogens (tertiary/aromatic N) is 2. The first-order valence-corrected chi connectivity index (χ1v) is 7.00. The van der Waals surface area contributed by atoms with E-state index in [1.54, 1.807) is 0 Å². The van der Waals surface area contributed by atoms with E-state index in [4.69, 9.17) is 0 Å². The molecule has 1 saturated heterocycles. The molecular weight excluding hydrogens is 220 g/mol. The van der Waals surface area contributed by atoms with Crippen molar-refractivity contribution < 1.29 is 0 Å². The fourth-order valence-corrected chi connectivity index (χ4v) is 2.89. The van der Waals surface area contributed by atoms with Gasteiger partial charge in [-0.3, -0.25) is 0 Å². The summed E-state index contributed by atoms with van der Waals surface area (Å²) in [6, 6.07) is 8.53. The normalized spacial score (nSPS) is 16.6. The molecule has 0 aromatic heterocycles. The van der Waals surface area contributed by atoms with Crippen LogP contribution in [0, 0.1) is 24.2 Å². The summed E-state index contributed by atoms with van der Waals surface area (Å²) in [5, 5.41) is 9.23. The summed E-state index contributed by atoms with van der Waals surface area (Å²) < 4.78 is 0. The Bertz CT molecular complexity index is 437. The molecule has 2 heteroatoms. The Hall–Kier alpha value is -1.49. The van der Waals surface area contributed by atoms with E-state index < -0.39 is 0 Å². The summed E-state index contributed by atoms with van der Waals surface area (Å²) >= 11 is 0. The molecule has 2 rings (SSSR count). The number of hydrogen-bond donors (Lipinski definition) is 0. The average molecular weight is 242 g/mol. The number of anilines is 1.